The van der Waals surface area contributed by atoms with Crippen LogP contribution >= 0.6 is 22.9 Å². The Morgan fingerprint density at radius 3 is 2.61 bits per heavy atom. The molecule has 3 aromatic rings. The third kappa shape index (κ3) is 3.23. The highest BCUT2D eigenvalue weighted by Gasteiger charge is 2.26. The molecule has 7 nitrogen and oxygen atoms in total. The number of anilines is 1. The first-order chi connectivity index (χ1) is 13.4. The van der Waals surface area contributed by atoms with Crippen LogP contribution in [0.25, 0.3) is 5.57 Å². The lowest BCUT2D eigenvalue weighted by molar-refractivity contribution is -0.117. The van der Waals surface area contributed by atoms with E-state index in [-0.39, 0.29) is 10.5 Å². The van der Waals surface area contributed by atoms with Gasteiger partial charge in [-0.1, -0.05) is 41.1 Å². The van der Waals surface area contributed by atoms with Crippen LogP contribution in [0.5, 0.6) is 5.88 Å². The molecule has 4 rings (SSSR count). The number of benzene rings is 2. The molecular weight excluding hydrogens is 402 g/mol. The van der Waals surface area contributed by atoms with Crippen molar-refractivity contribution in [3.8, 4) is 5.88 Å². The summed E-state index contributed by atoms with van der Waals surface area (Å²) in [5.41, 5.74) is 0.664. The molecule has 0 spiro atoms. The number of aromatic hydroxyl groups is 1. The summed E-state index contributed by atoms with van der Waals surface area (Å²) in [6.07, 6.45) is 0. The summed E-state index contributed by atoms with van der Waals surface area (Å²) >= 11 is 6.50. The van der Waals surface area contributed by atoms with Crippen molar-refractivity contribution in [1.82, 2.24) is 4.57 Å². The van der Waals surface area contributed by atoms with E-state index in [0.717, 1.165) is 4.57 Å². The lowest BCUT2D eigenvalue weighted by Crippen LogP contribution is -2.24. The van der Waals surface area contributed by atoms with Gasteiger partial charge in [-0.15, -0.1) is 0 Å². The minimum Gasteiger partial charge on any atom is -0.493 e. The average Bonchev–Trinajstić information content (AvgIpc) is 3.13. The van der Waals surface area contributed by atoms with Gasteiger partial charge in [0.1, 0.15) is 11.4 Å². The molecule has 9 heteroatoms. The monoisotopic (exact) mass is 413 g/mol. The summed E-state index contributed by atoms with van der Waals surface area (Å²) < 4.78 is 0.923. The maximum atomic E-state index is 12.3. The Bertz CT molecular complexity index is 1290. The highest BCUT2D eigenvalue weighted by Crippen LogP contribution is 2.28. The summed E-state index contributed by atoms with van der Waals surface area (Å²) in [5.74, 6) is -1.47. The van der Waals surface area contributed by atoms with Gasteiger partial charge in [0, 0.05) is 15.9 Å². The lowest BCUT2D eigenvalue weighted by atomic mass is 10.1. The third-order valence-electron chi connectivity index (χ3n) is 4.13. The van der Waals surface area contributed by atoms with E-state index in [1.54, 1.807) is 48.5 Å². The van der Waals surface area contributed by atoms with Crippen molar-refractivity contribution in [2.45, 2.75) is 6.54 Å². The van der Waals surface area contributed by atoms with Crippen molar-refractivity contribution < 1.29 is 14.7 Å². The van der Waals surface area contributed by atoms with E-state index in [1.807, 2.05) is 0 Å². The number of thiazole rings is 1. The molecule has 2 aromatic carbocycles. The fourth-order valence-corrected chi connectivity index (χ4v) is 3.92. The summed E-state index contributed by atoms with van der Waals surface area (Å²) in [6, 6.07) is 13.3. The van der Waals surface area contributed by atoms with Crippen molar-refractivity contribution in [2.24, 2.45) is 4.99 Å². The predicted octanol–water partition coefficient (Wildman–Crippen LogP) is 1.27. The van der Waals surface area contributed by atoms with Crippen LogP contribution in [-0.4, -0.2) is 21.5 Å². The highest BCUT2D eigenvalue weighted by molar-refractivity contribution is 7.11. The molecule has 2 N–H and O–H groups in total. The fourth-order valence-electron chi connectivity index (χ4n) is 2.86. The second-order valence-electron chi connectivity index (χ2n) is 5.97. The number of aromatic nitrogens is 1. The molecule has 0 bridgehead atoms. The van der Waals surface area contributed by atoms with Gasteiger partial charge in [0.05, 0.1) is 10.9 Å². The third-order valence-corrected chi connectivity index (χ3v) is 5.37. The second kappa shape index (κ2) is 7.06. The minimum atomic E-state index is -0.552. The van der Waals surface area contributed by atoms with Crippen LogP contribution in [-0.2, 0) is 16.1 Å². The molecule has 0 radical (unpaired) electrons. The molecular formula is C19H12ClN3O4S. The van der Waals surface area contributed by atoms with Crippen LogP contribution in [0.2, 0.25) is 5.02 Å². The molecule has 1 aromatic heterocycles. The molecule has 0 saturated carbocycles. The number of rotatable bonds is 4. The zero-order valence-corrected chi connectivity index (χ0v) is 15.8. The molecule has 0 fully saturated rings. The molecule has 28 heavy (non-hydrogen) atoms. The molecule has 0 aliphatic carbocycles. The van der Waals surface area contributed by atoms with Crippen LogP contribution in [0.15, 0.2) is 58.3 Å². The van der Waals surface area contributed by atoms with Gasteiger partial charge in [0.15, 0.2) is 0 Å². The van der Waals surface area contributed by atoms with Crippen LogP contribution in [0.4, 0.5) is 5.69 Å². The molecule has 0 unspecified atom stereocenters. The van der Waals surface area contributed by atoms with Gasteiger partial charge < -0.3 is 10.4 Å². The molecule has 2 heterocycles. The second-order valence-corrected chi connectivity index (χ2v) is 7.37. The van der Waals surface area contributed by atoms with E-state index in [9.17, 15) is 19.5 Å². The smallest absolute Gasteiger partial charge is 0.311 e. The lowest BCUT2D eigenvalue weighted by Gasteiger charge is -2.07. The number of nitrogens with one attached hydrogen (secondary N) is 1. The summed E-state index contributed by atoms with van der Waals surface area (Å²) in [5, 5.41) is 14.7. The number of halogens is 1. The SMILES string of the molecule is O=C(Cn1c(O)c(C2=c3ccccc3=NC2=O)sc1=O)Nc1ccc(Cl)cc1. The average molecular weight is 414 g/mol. The maximum Gasteiger partial charge on any atom is 0.311 e. The Balaban J connectivity index is 1.67. The van der Waals surface area contributed by atoms with Gasteiger partial charge in [-0.05, 0) is 30.3 Å². The Labute approximate surface area is 166 Å². The zero-order valence-electron chi connectivity index (χ0n) is 14.2. The summed E-state index contributed by atoms with van der Waals surface area (Å²) in [6.45, 7) is -0.399. The molecule has 0 saturated heterocycles. The number of carbonyl (C=O) groups excluding carboxylic acids is 2. The van der Waals surface area contributed by atoms with Crippen molar-refractivity contribution in [2.75, 3.05) is 5.32 Å². The van der Waals surface area contributed by atoms with Gasteiger partial charge >= 0.3 is 4.87 Å². The van der Waals surface area contributed by atoms with Crippen LogP contribution in [0, 0.1) is 0 Å². The van der Waals surface area contributed by atoms with E-state index in [2.05, 4.69) is 10.3 Å². The summed E-state index contributed by atoms with van der Waals surface area (Å²) in [7, 11) is 0. The first-order valence-electron chi connectivity index (χ1n) is 8.15. The predicted molar refractivity (Wildman–Crippen MR) is 105 cm³/mol. The Hall–Kier alpha value is -3.23. The number of hydrogen-bond acceptors (Lipinski definition) is 5. The Kier molecular flexibility index (Phi) is 4.58. The quantitative estimate of drug-likeness (QED) is 0.672. The van der Waals surface area contributed by atoms with Gasteiger partial charge in [0.2, 0.25) is 11.8 Å². The minimum absolute atomic E-state index is 0.1000. The van der Waals surface area contributed by atoms with Crippen LogP contribution in [0.1, 0.15) is 4.88 Å². The van der Waals surface area contributed by atoms with E-state index >= 15 is 0 Å². The maximum absolute atomic E-state index is 12.3. The first kappa shape index (κ1) is 18.1. The van der Waals surface area contributed by atoms with Crippen molar-refractivity contribution in [1.29, 1.82) is 0 Å². The first-order valence-corrected chi connectivity index (χ1v) is 9.34. The topological polar surface area (TPSA) is 101 Å². The van der Waals surface area contributed by atoms with E-state index in [1.165, 1.54) is 0 Å². The number of para-hydroxylation sites is 1. The van der Waals surface area contributed by atoms with Crippen molar-refractivity contribution in [3.05, 3.63) is 78.7 Å². The molecule has 0 atom stereocenters. The van der Waals surface area contributed by atoms with Gasteiger partial charge in [-0.2, -0.15) is 0 Å². The standard InChI is InChI=1S/C19H12ClN3O4S/c20-10-5-7-11(8-6-10)21-14(24)9-23-18(26)16(28-19(23)27)15-12-3-1-2-4-13(12)22-17(15)25/h1-8,26H,9H2,(H,21,24). The van der Waals surface area contributed by atoms with Crippen LogP contribution in [0.3, 0.4) is 0 Å². The molecule has 140 valence electrons. The highest BCUT2D eigenvalue weighted by atomic mass is 35.5. The number of nitrogens with zero attached hydrogens (tertiary/aromatic N) is 2. The van der Waals surface area contributed by atoms with Crippen LogP contribution < -0.4 is 20.8 Å². The van der Waals surface area contributed by atoms with E-state index in [0.29, 0.717) is 32.6 Å². The normalized spacial score (nSPS) is 12.6. The van der Waals surface area contributed by atoms with E-state index in [4.69, 9.17) is 11.6 Å². The largest absolute Gasteiger partial charge is 0.493 e. The van der Waals surface area contributed by atoms with Crippen molar-refractivity contribution in [3.63, 3.8) is 0 Å². The van der Waals surface area contributed by atoms with E-state index < -0.39 is 29.1 Å². The summed E-state index contributed by atoms with van der Waals surface area (Å²) in [4.78, 5) is 40.4. The number of fused-ring (bicyclic) bond motifs is 1. The van der Waals surface area contributed by atoms with Gasteiger partial charge in [0.25, 0.3) is 5.91 Å². The van der Waals surface area contributed by atoms with Gasteiger partial charge in [-0.25, -0.2) is 4.99 Å². The molecule has 1 aliphatic heterocycles. The van der Waals surface area contributed by atoms with Crippen molar-refractivity contribution >= 4 is 46.0 Å². The zero-order chi connectivity index (χ0) is 19.8. The Morgan fingerprint density at radius 2 is 1.86 bits per heavy atom. The molecule has 2 amide bonds. The van der Waals surface area contributed by atoms with Gasteiger partial charge in [-0.3, -0.25) is 19.0 Å². The fraction of sp³-hybridized carbons (Fsp3) is 0.0526. The number of carbonyl (C=O) groups is 2. The Morgan fingerprint density at radius 1 is 1.14 bits per heavy atom. The number of hydrogen-bond donors (Lipinski definition) is 2. The number of amides is 2. The molecule has 1 aliphatic rings.